The molecule has 0 saturated carbocycles. The van der Waals surface area contributed by atoms with E-state index < -0.39 is 0 Å². The third kappa shape index (κ3) is 5.80. The average molecular weight is 266 g/mol. The van der Waals surface area contributed by atoms with Crippen LogP contribution in [-0.4, -0.2) is 22.6 Å². The van der Waals surface area contributed by atoms with E-state index in [9.17, 15) is 4.79 Å². The van der Waals surface area contributed by atoms with Crippen molar-refractivity contribution in [2.75, 3.05) is 11.9 Å². The molecule has 0 aliphatic carbocycles. The second kappa shape index (κ2) is 6.53. The van der Waals surface area contributed by atoms with Crippen molar-refractivity contribution in [3.63, 3.8) is 0 Å². The molecule has 4 nitrogen and oxygen atoms in total. The molecule has 5 heteroatoms. The van der Waals surface area contributed by atoms with Crippen molar-refractivity contribution in [1.29, 1.82) is 0 Å². The van der Waals surface area contributed by atoms with Crippen LogP contribution in [0.2, 0.25) is 0 Å². The fourth-order valence-corrected chi connectivity index (χ4v) is 1.95. The van der Waals surface area contributed by atoms with Gasteiger partial charge in [0.1, 0.15) is 0 Å². The Bertz CT molecular complexity index is 463. The van der Waals surface area contributed by atoms with Crippen molar-refractivity contribution >= 4 is 22.4 Å². The van der Waals surface area contributed by atoms with E-state index in [4.69, 9.17) is 5.11 Å². The third-order valence-electron chi connectivity index (χ3n) is 1.89. The standard InChI is InChI=1S/C13H18N2O2S/c1-13(2,3)8-11(17)15-12-14-9-10(18-12)6-4-5-7-16/h9,16H,5,7-8H2,1-3H3,(H,14,15,17). The summed E-state index contributed by atoms with van der Waals surface area (Å²) < 4.78 is 0. The first-order valence-corrected chi connectivity index (χ1v) is 6.58. The van der Waals surface area contributed by atoms with Crippen LogP contribution in [0.5, 0.6) is 0 Å². The molecule has 0 radical (unpaired) electrons. The van der Waals surface area contributed by atoms with Crippen LogP contribution in [0.15, 0.2) is 6.20 Å². The Balaban J connectivity index is 2.55. The van der Waals surface area contributed by atoms with Gasteiger partial charge in [0.2, 0.25) is 5.91 Å². The summed E-state index contributed by atoms with van der Waals surface area (Å²) in [6, 6.07) is 0. The van der Waals surface area contributed by atoms with Gasteiger partial charge in [0, 0.05) is 12.8 Å². The van der Waals surface area contributed by atoms with Gasteiger partial charge in [-0.1, -0.05) is 43.9 Å². The van der Waals surface area contributed by atoms with Crippen molar-refractivity contribution in [1.82, 2.24) is 4.98 Å². The quantitative estimate of drug-likeness (QED) is 0.825. The van der Waals surface area contributed by atoms with Gasteiger partial charge < -0.3 is 10.4 Å². The molecule has 0 saturated heterocycles. The highest BCUT2D eigenvalue weighted by atomic mass is 32.1. The summed E-state index contributed by atoms with van der Waals surface area (Å²) in [6.45, 7) is 6.10. The van der Waals surface area contributed by atoms with Crippen molar-refractivity contribution < 1.29 is 9.90 Å². The van der Waals surface area contributed by atoms with Gasteiger partial charge in [-0.2, -0.15) is 0 Å². The third-order valence-corrected chi connectivity index (χ3v) is 2.72. The largest absolute Gasteiger partial charge is 0.395 e. The van der Waals surface area contributed by atoms with E-state index in [1.54, 1.807) is 6.20 Å². The molecule has 1 aromatic heterocycles. The van der Waals surface area contributed by atoms with Gasteiger partial charge in [0.15, 0.2) is 5.13 Å². The molecule has 0 bridgehead atoms. The Labute approximate surface area is 111 Å². The lowest BCUT2D eigenvalue weighted by Crippen LogP contribution is -2.19. The Kier molecular flexibility index (Phi) is 5.32. The number of thiazole rings is 1. The van der Waals surface area contributed by atoms with Gasteiger partial charge in [0.05, 0.1) is 17.7 Å². The van der Waals surface area contributed by atoms with Crippen LogP contribution >= 0.6 is 11.3 Å². The summed E-state index contributed by atoms with van der Waals surface area (Å²) in [5.41, 5.74) is -0.0366. The topological polar surface area (TPSA) is 62.2 Å². The zero-order chi connectivity index (χ0) is 13.6. The SMILES string of the molecule is CC(C)(C)CC(=O)Nc1ncc(C#CCCO)s1. The summed E-state index contributed by atoms with van der Waals surface area (Å²) in [5, 5.41) is 11.9. The van der Waals surface area contributed by atoms with Gasteiger partial charge in [-0.15, -0.1) is 0 Å². The maximum Gasteiger partial charge on any atom is 0.226 e. The van der Waals surface area contributed by atoms with Gasteiger partial charge in [-0.05, 0) is 5.41 Å². The van der Waals surface area contributed by atoms with Crippen LogP contribution in [0.25, 0.3) is 0 Å². The van der Waals surface area contributed by atoms with Crippen molar-refractivity contribution in [3.8, 4) is 11.8 Å². The van der Waals surface area contributed by atoms with Gasteiger partial charge in [0.25, 0.3) is 0 Å². The molecule has 0 fully saturated rings. The van der Waals surface area contributed by atoms with Crippen LogP contribution in [-0.2, 0) is 4.79 Å². The Morgan fingerprint density at radius 2 is 2.28 bits per heavy atom. The van der Waals surface area contributed by atoms with E-state index in [-0.39, 0.29) is 17.9 Å². The number of aliphatic hydroxyl groups excluding tert-OH is 1. The second-order valence-electron chi connectivity index (χ2n) is 5.09. The van der Waals surface area contributed by atoms with Crippen LogP contribution in [0.3, 0.4) is 0 Å². The van der Waals surface area contributed by atoms with E-state index in [2.05, 4.69) is 22.1 Å². The van der Waals surface area contributed by atoms with Crippen LogP contribution in [0.4, 0.5) is 5.13 Å². The van der Waals surface area contributed by atoms with Crippen LogP contribution in [0, 0.1) is 17.3 Å². The summed E-state index contributed by atoms with van der Waals surface area (Å²) in [6.07, 6.45) is 2.53. The van der Waals surface area contributed by atoms with Gasteiger partial charge in [-0.3, -0.25) is 4.79 Å². The molecule has 0 atom stereocenters. The first kappa shape index (κ1) is 14.7. The number of aromatic nitrogens is 1. The smallest absolute Gasteiger partial charge is 0.226 e. The number of nitrogens with zero attached hydrogens (tertiary/aromatic N) is 1. The lowest BCUT2D eigenvalue weighted by molar-refractivity contribution is -0.117. The maximum atomic E-state index is 11.7. The van der Waals surface area contributed by atoms with Gasteiger partial charge in [-0.25, -0.2) is 4.98 Å². The van der Waals surface area contributed by atoms with E-state index in [1.807, 2.05) is 20.8 Å². The number of hydrogen-bond acceptors (Lipinski definition) is 4. The van der Waals surface area contributed by atoms with Crippen LogP contribution in [0.1, 0.15) is 38.5 Å². The lowest BCUT2D eigenvalue weighted by atomic mass is 9.92. The Morgan fingerprint density at radius 3 is 2.89 bits per heavy atom. The number of carbonyl (C=O) groups is 1. The molecule has 0 spiro atoms. The van der Waals surface area contributed by atoms with Crippen molar-refractivity contribution in [2.45, 2.75) is 33.6 Å². The Hall–Kier alpha value is -1.38. The number of carbonyl (C=O) groups excluding carboxylic acids is 1. The van der Waals surface area contributed by atoms with E-state index in [1.165, 1.54) is 11.3 Å². The molecule has 1 aromatic rings. The molecule has 1 amide bonds. The minimum absolute atomic E-state index is 0.0354. The highest BCUT2D eigenvalue weighted by Gasteiger charge is 2.16. The molecule has 98 valence electrons. The summed E-state index contributed by atoms with van der Waals surface area (Å²) in [7, 11) is 0. The lowest BCUT2D eigenvalue weighted by Gasteiger charge is -2.16. The zero-order valence-electron chi connectivity index (χ0n) is 10.9. The van der Waals surface area contributed by atoms with Crippen LogP contribution < -0.4 is 5.32 Å². The molecule has 0 aliphatic rings. The molecule has 1 rings (SSSR count). The summed E-state index contributed by atoms with van der Waals surface area (Å²) in [5.74, 6) is 5.66. The molecule has 1 heterocycles. The number of nitrogens with one attached hydrogen (secondary N) is 1. The minimum Gasteiger partial charge on any atom is -0.395 e. The first-order chi connectivity index (χ1) is 8.40. The average Bonchev–Trinajstić information content (AvgIpc) is 2.63. The second-order valence-corrected chi connectivity index (χ2v) is 6.12. The predicted octanol–water partition coefficient (Wildman–Crippen LogP) is 2.25. The van der Waals surface area contributed by atoms with Crippen molar-refractivity contribution in [3.05, 3.63) is 11.1 Å². The minimum atomic E-state index is -0.0366. The summed E-state index contributed by atoms with van der Waals surface area (Å²) >= 11 is 1.34. The number of anilines is 1. The maximum absolute atomic E-state index is 11.7. The number of amides is 1. The molecular weight excluding hydrogens is 248 g/mol. The van der Waals surface area contributed by atoms with E-state index >= 15 is 0 Å². The van der Waals surface area contributed by atoms with E-state index in [0.717, 1.165) is 4.88 Å². The molecule has 0 unspecified atom stereocenters. The predicted molar refractivity (Wildman–Crippen MR) is 73.4 cm³/mol. The molecule has 0 aliphatic heterocycles. The fraction of sp³-hybridized carbons (Fsp3) is 0.538. The normalized spacial score (nSPS) is 10.7. The van der Waals surface area contributed by atoms with Crippen molar-refractivity contribution in [2.24, 2.45) is 5.41 Å². The molecular formula is C13H18N2O2S. The monoisotopic (exact) mass is 266 g/mol. The highest BCUT2D eigenvalue weighted by Crippen LogP contribution is 2.21. The number of rotatable bonds is 3. The Morgan fingerprint density at radius 1 is 1.56 bits per heavy atom. The molecule has 18 heavy (non-hydrogen) atoms. The van der Waals surface area contributed by atoms with E-state index in [0.29, 0.717) is 18.0 Å². The first-order valence-electron chi connectivity index (χ1n) is 5.76. The fourth-order valence-electron chi connectivity index (χ4n) is 1.24. The molecule has 2 N–H and O–H groups in total. The number of aliphatic hydroxyl groups is 1. The number of hydrogen-bond donors (Lipinski definition) is 2. The molecule has 0 aromatic carbocycles. The highest BCUT2D eigenvalue weighted by molar-refractivity contribution is 7.16. The summed E-state index contributed by atoms with van der Waals surface area (Å²) in [4.78, 5) is 16.6. The van der Waals surface area contributed by atoms with Gasteiger partial charge >= 0.3 is 0 Å². The zero-order valence-corrected chi connectivity index (χ0v) is 11.7.